The van der Waals surface area contributed by atoms with Crippen molar-refractivity contribution in [2.24, 2.45) is 0 Å². The van der Waals surface area contributed by atoms with Gasteiger partial charge in [-0.05, 0) is 70.8 Å². The highest BCUT2D eigenvalue weighted by Crippen LogP contribution is 2.53. The third-order valence-corrected chi connectivity index (χ3v) is 7.84. The lowest BCUT2D eigenvalue weighted by Crippen LogP contribution is -2.22. The quantitative estimate of drug-likeness (QED) is 0.244. The first kappa shape index (κ1) is 22.0. The Morgan fingerprint density at radius 2 is 1.22 bits per heavy atom. The Morgan fingerprint density at radius 1 is 0.568 bits per heavy atom. The summed E-state index contributed by atoms with van der Waals surface area (Å²) in [7, 11) is 0. The van der Waals surface area contributed by atoms with E-state index >= 15 is 0 Å². The first-order valence-electron chi connectivity index (χ1n) is 12.6. The van der Waals surface area contributed by atoms with Crippen LogP contribution < -0.4 is 9.80 Å². The third kappa shape index (κ3) is 3.50. The zero-order valence-electron chi connectivity index (χ0n) is 20.4. The Labute approximate surface area is 223 Å². The summed E-state index contributed by atoms with van der Waals surface area (Å²) in [5.41, 5.74) is 14.3. The zero-order chi connectivity index (χ0) is 24.9. The smallest absolute Gasteiger partial charge is 0.0544 e. The Bertz CT molecular complexity index is 1650. The molecular weight excluding hydrogens is 468 g/mol. The number of rotatable bonds is 3. The van der Waals surface area contributed by atoms with Gasteiger partial charge in [0.15, 0.2) is 0 Å². The number of fused-ring (bicyclic) bond motifs is 4. The minimum Gasteiger partial charge on any atom is -0.310 e. The van der Waals surface area contributed by atoms with Gasteiger partial charge >= 0.3 is 0 Å². The van der Waals surface area contributed by atoms with Crippen LogP contribution in [0.2, 0.25) is 0 Å². The van der Waals surface area contributed by atoms with Crippen molar-refractivity contribution in [3.8, 4) is 0 Å². The van der Waals surface area contributed by atoms with Gasteiger partial charge in [-0.3, -0.25) is 0 Å². The molecule has 0 bridgehead atoms. The summed E-state index contributed by atoms with van der Waals surface area (Å²) in [5.74, 6) is 0.729. The van der Waals surface area contributed by atoms with Crippen LogP contribution in [0.1, 0.15) is 27.8 Å². The first-order chi connectivity index (χ1) is 18.2. The van der Waals surface area contributed by atoms with Crippen LogP contribution in [0.15, 0.2) is 122 Å². The largest absolute Gasteiger partial charge is 0.310 e. The molecule has 2 aliphatic heterocycles. The molecule has 0 N–H and O–H groups in total. The molecule has 0 aromatic heterocycles. The predicted molar refractivity (Wildman–Crippen MR) is 159 cm³/mol. The van der Waals surface area contributed by atoms with Gasteiger partial charge in [0, 0.05) is 40.4 Å². The standard InChI is InChI=1S/C34H26N2S/c1-23-29-12-6-8-14-32(29)36(28-17-15-24(22-37)16-18-28)34-20-26-19-25-9-5-7-13-31(25)35(33(26)21-30(23)34)27-10-3-2-4-11-27/h2-18,20-21,37H,1,19,22H2. The zero-order valence-corrected chi connectivity index (χ0v) is 21.3. The fourth-order valence-electron chi connectivity index (χ4n) is 5.69. The van der Waals surface area contributed by atoms with Gasteiger partial charge in [-0.1, -0.05) is 73.3 Å². The molecule has 0 fully saturated rings. The predicted octanol–water partition coefficient (Wildman–Crippen LogP) is 9.34. The highest BCUT2D eigenvalue weighted by atomic mass is 32.1. The third-order valence-electron chi connectivity index (χ3n) is 7.48. The van der Waals surface area contributed by atoms with Crippen molar-refractivity contribution < 1.29 is 0 Å². The molecule has 0 unspecified atom stereocenters. The van der Waals surface area contributed by atoms with Gasteiger partial charge in [-0.2, -0.15) is 12.6 Å². The van der Waals surface area contributed by atoms with Gasteiger partial charge in [0.25, 0.3) is 0 Å². The normalized spacial score (nSPS) is 13.5. The van der Waals surface area contributed by atoms with Crippen molar-refractivity contribution >= 4 is 52.3 Å². The lowest BCUT2D eigenvalue weighted by atomic mass is 9.86. The monoisotopic (exact) mass is 494 g/mol. The van der Waals surface area contributed by atoms with E-state index in [4.69, 9.17) is 0 Å². The van der Waals surface area contributed by atoms with Crippen molar-refractivity contribution in [3.05, 3.63) is 150 Å². The van der Waals surface area contributed by atoms with Crippen LogP contribution in [0.5, 0.6) is 0 Å². The summed E-state index contributed by atoms with van der Waals surface area (Å²) >= 11 is 4.46. The number of benzene rings is 5. The Balaban J connectivity index is 1.47. The van der Waals surface area contributed by atoms with E-state index in [1.165, 1.54) is 33.8 Å². The minimum absolute atomic E-state index is 0.729. The Hall–Kier alpha value is -4.21. The van der Waals surface area contributed by atoms with Crippen LogP contribution in [0, 0.1) is 0 Å². The second kappa shape index (κ2) is 8.72. The summed E-state index contributed by atoms with van der Waals surface area (Å²) in [6.45, 7) is 4.59. The van der Waals surface area contributed by atoms with Gasteiger partial charge < -0.3 is 9.80 Å². The maximum absolute atomic E-state index is 4.59. The van der Waals surface area contributed by atoms with E-state index in [0.717, 1.165) is 45.9 Å². The average Bonchev–Trinajstić information content (AvgIpc) is 2.96. The molecule has 0 saturated carbocycles. The van der Waals surface area contributed by atoms with Crippen LogP contribution >= 0.6 is 12.6 Å². The van der Waals surface area contributed by atoms with Crippen molar-refractivity contribution in [2.45, 2.75) is 12.2 Å². The Morgan fingerprint density at radius 3 is 2.00 bits per heavy atom. The second-order valence-electron chi connectivity index (χ2n) is 9.63. The van der Waals surface area contributed by atoms with Gasteiger partial charge in [0.05, 0.1) is 17.1 Å². The van der Waals surface area contributed by atoms with Gasteiger partial charge in [0.1, 0.15) is 0 Å². The molecule has 2 nitrogen and oxygen atoms in total. The van der Waals surface area contributed by atoms with Crippen molar-refractivity contribution in [1.82, 2.24) is 0 Å². The molecule has 0 radical (unpaired) electrons. The molecule has 37 heavy (non-hydrogen) atoms. The van der Waals surface area contributed by atoms with E-state index in [9.17, 15) is 0 Å². The molecule has 2 heterocycles. The van der Waals surface area contributed by atoms with E-state index in [-0.39, 0.29) is 0 Å². The topological polar surface area (TPSA) is 6.48 Å². The number of thiol groups is 1. The van der Waals surface area contributed by atoms with E-state index in [1.807, 2.05) is 0 Å². The summed E-state index contributed by atoms with van der Waals surface area (Å²) < 4.78 is 0. The molecule has 0 amide bonds. The van der Waals surface area contributed by atoms with Crippen LogP contribution in [-0.2, 0) is 12.2 Å². The number of nitrogens with zero attached hydrogens (tertiary/aromatic N) is 2. The summed E-state index contributed by atoms with van der Waals surface area (Å²) in [5, 5.41) is 0. The summed E-state index contributed by atoms with van der Waals surface area (Å²) in [6.07, 6.45) is 0.892. The number of para-hydroxylation sites is 3. The maximum Gasteiger partial charge on any atom is 0.0544 e. The van der Waals surface area contributed by atoms with E-state index in [2.05, 4.69) is 144 Å². The Kier molecular flexibility index (Phi) is 5.19. The number of hydrogen-bond acceptors (Lipinski definition) is 3. The van der Waals surface area contributed by atoms with Gasteiger partial charge in [-0.15, -0.1) is 0 Å². The molecule has 5 aromatic rings. The molecule has 0 aliphatic carbocycles. The molecule has 7 rings (SSSR count). The number of hydrogen-bond donors (Lipinski definition) is 1. The van der Waals surface area contributed by atoms with Gasteiger partial charge in [0.2, 0.25) is 0 Å². The molecule has 0 saturated heterocycles. The fourth-order valence-corrected chi connectivity index (χ4v) is 5.90. The van der Waals surface area contributed by atoms with Crippen molar-refractivity contribution in [2.75, 3.05) is 9.80 Å². The van der Waals surface area contributed by atoms with Crippen LogP contribution in [-0.4, -0.2) is 0 Å². The van der Waals surface area contributed by atoms with Crippen molar-refractivity contribution in [1.29, 1.82) is 0 Å². The molecular formula is C34H26N2S. The molecule has 5 aromatic carbocycles. The van der Waals surface area contributed by atoms with E-state index < -0.39 is 0 Å². The van der Waals surface area contributed by atoms with Crippen LogP contribution in [0.3, 0.4) is 0 Å². The fraction of sp³-hybridized carbons (Fsp3) is 0.0588. The highest BCUT2D eigenvalue weighted by molar-refractivity contribution is 7.79. The molecule has 0 spiro atoms. The lowest BCUT2D eigenvalue weighted by Gasteiger charge is -2.39. The molecule has 178 valence electrons. The average molecular weight is 495 g/mol. The summed E-state index contributed by atoms with van der Waals surface area (Å²) in [4.78, 5) is 4.78. The lowest BCUT2D eigenvalue weighted by molar-refractivity contribution is 1.08. The highest BCUT2D eigenvalue weighted by Gasteiger charge is 2.31. The molecule has 3 heteroatoms. The molecule has 2 aliphatic rings. The number of anilines is 6. The first-order valence-corrected chi connectivity index (χ1v) is 13.2. The minimum atomic E-state index is 0.729. The molecule has 0 atom stereocenters. The van der Waals surface area contributed by atoms with Crippen LogP contribution in [0.4, 0.5) is 34.1 Å². The van der Waals surface area contributed by atoms with Crippen LogP contribution in [0.25, 0.3) is 5.57 Å². The van der Waals surface area contributed by atoms with E-state index in [1.54, 1.807) is 0 Å². The van der Waals surface area contributed by atoms with Gasteiger partial charge in [-0.25, -0.2) is 0 Å². The summed E-state index contributed by atoms with van der Waals surface area (Å²) in [6, 6.07) is 41.4. The SMILES string of the molecule is C=C1c2ccccc2N(c2ccc(CS)cc2)c2cc3c(cc21)N(c1ccccc1)c1ccccc1C3. The van der Waals surface area contributed by atoms with E-state index in [0.29, 0.717) is 0 Å². The van der Waals surface area contributed by atoms with Crippen molar-refractivity contribution in [3.63, 3.8) is 0 Å². The second-order valence-corrected chi connectivity index (χ2v) is 9.95. The maximum atomic E-state index is 4.59.